The summed E-state index contributed by atoms with van der Waals surface area (Å²) < 4.78 is 29.7. The minimum Gasteiger partial charge on any atom is -0.270 e. The molecule has 0 aromatic carbocycles. The summed E-state index contributed by atoms with van der Waals surface area (Å²) in [5.74, 6) is 0. The molecule has 0 bridgehead atoms. The summed E-state index contributed by atoms with van der Waals surface area (Å²) in [5.41, 5.74) is 1.27. The van der Waals surface area contributed by atoms with E-state index in [-0.39, 0.29) is 11.4 Å². The van der Waals surface area contributed by atoms with Gasteiger partial charge in [-0.3, -0.25) is 9.36 Å². The quantitative estimate of drug-likeness (QED) is 0.830. The van der Waals surface area contributed by atoms with Crippen molar-refractivity contribution in [2.75, 3.05) is 7.05 Å². The van der Waals surface area contributed by atoms with Crippen molar-refractivity contribution in [3.05, 3.63) is 28.8 Å². The standard InChI is InChI=1S/C12H18ClN5O2S/c1-5-18-9(2)12(7-15-18)21(19,20)16(3)8-11-10(13)6-14-17(11)4/h6-7H,5,8H2,1-4H3. The smallest absolute Gasteiger partial charge is 0.246 e. The molecule has 0 saturated carbocycles. The largest absolute Gasteiger partial charge is 0.270 e. The number of rotatable bonds is 5. The first kappa shape index (κ1) is 16.0. The second kappa shape index (κ2) is 5.78. The van der Waals surface area contributed by atoms with Gasteiger partial charge < -0.3 is 0 Å². The fraction of sp³-hybridized carbons (Fsp3) is 0.500. The highest BCUT2D eigenvalue weighted by molar-refractivity contribution is 7.89. The highest BCUT2D eigenvalue weighted by Crippen LogP contribution is 2.22. The third kappa shape index (κ3) is 2.83. The Balaban J connectivity index is 2.33. The molecule has 2 aromatic heterocycles. The normalized spacial score (nSPS) is 12.3. The van der Waals surface area contributed by atoms with Crippen molar-refractivity contribution in [3.63, 3.8) is 0 Å². The Morgan fingerprint density at radius 2 is 2.00 bits per heavy atom. The summed E-state index contributed by atoms with van der Waals surface area (Å²) in [6, 6.07) is 0. The van der Waals surface area contributed by atoms with Crippen molar-refractivity contribution in [2.45, 2.75) is 31.8 Å². The molecule has 2 rings (SSSR count). The van der Waals surface area contributed by atoms with Crippen molar-refractivity contribution in [3.8, 4) is 0 Å². The minimum absolute atomic E-state index is 0.147. The van der Waals surface area contributed by atoms with E-state index in [1.807, 2.05) is 6.92 Å². The monoisotopic (exact) mass is 331 g/mol. The SMILES string of the molecule is CCn1ncc(S(=O)(=O)N(C)Cc2c(Cl)cnn2C)c1C. The number of halogens is 1. The lowest BCUT2D eigenvalue weighted by atomic mass is 10.4. The maximum atomic E-state index is 12.6. The summed E-state index contributed by atoms with van der Waals surface area (Å²) in [6.07, 6.45) is 2.88. The molecule has 0 saturated heterocycles. The molecule has 7 nitrogen and oxygen atoms in total. The van der Waals surface area contributed by atoms with Crippen LogP contribution in [0.3, 0.4) is 0 Å². The lowest BCUT2D eigenvalue weighted by Gasteiger charge is -2.17. The highest BCUT2D eigenvalue weighted by atomic mass is 35.5. The second-order valence-corrected chi connectivity index (χ2v) is 7.15. The van der Waals surface area contributed by atoms with Crippen LogP contribution < -0.4 is 0 Å². The number of aryl methyl sites for hydroxylation is 2. The van der Waals surface area contributed by atoms with E-state index in [0.717, 1.165) is 0 Å². The molecule has 0 aliphatic heterocycles. The van der Waals surface area contributed by atoms with Gasteiger partial charge in [-0.2, -0.15) is 14.5 Å². The molecule has 0 unspecified atom stereocenters. The molecule has 0 fully saturated rings. The van der Waals surface area contributed by atoms with Crippen LogP contribution in [-0.4, -0.2) is 39.3 Å². The molecule has 0 aliphatic rings. The van der Waals surface area contributed by atoms with Gasteiger partial charge in [-0.25, -0.2) is 8.42 Å². The maximum absolute atomic E-state index is 12.6. The maximum Gasteiger partial charge on any atom is 0.246 e. The molecule has 0 aliphatic carbocycles. The van der Waals surface area contributed by atoms with E-state index in [2.05, 4.69) is 10.2 Å². The number of hydrogen-bond acceptors (Lipinski definition) is 4. The topological polar surface area (TPSA) is 73.0 Å². The molecule has 0 N–H and O–H groups in total. The molecular formula is C12H18ClN5O2S. The first-order chi connectivity index (χ1) is 9.78. The molecule has 0 spiro atoms. The van der Waals surface area contributed by atoms with Gasteiger partial charge in [0.2, 0.25) is 10.0 Å². The van der Waals surface area contributed by atoms with Crippen molar-refractivity contribution in [2.24, 2.45) is 7.05 Å². The van der Waals surface area contributed by atoms with Gasteiger partial charge in [-0.05, 0) is 13.8 Å². The van der Waals surface area contributed by atoms with E-state index >= 15 is 0 Å². The van der Waals surface area contributed by atoms with Crippen LogP contribution in [0.25, 0.3) is 0 Å². The van der Waals surface area contributed by atoms with E-state index in [0.29, 0.717) is 23.0 Å². The van der Waals surface area contributed by atoms with Gasteiger partial charge in [-0.1, -0.05) is 11.6 Å². The van der Waals surface area contributed by atoms with E-state index in [9.17, 15) is 8.42 Å². The van der Waals surface area contributed by atoms with Gasteiger partial charge in [0.15, 0.2) is 0 Å². The van der Waals surface area contributed by atoms with Crippen molar-refractivity contribution < 1.29 is 8.42 Å². The van der Waals surface area contributed by atoms with Gasteiger partial charge in [0.25, 0.3) is 0 Å². The van der Waals surface area contributed by atoms with Gasteiger partial charge in [0, 0.05) is 20.6 Å². The van der Waals surface area contributed by atoms with Crippen molar-refractivity contribution in [1.29, 1.82) is 0 Å². The van der Waals surface area contributed by atoms with Crippen molar-refractivity contribution >= 4 is 21.6 Å². The van der Waals surface area contributed by atoms with Crippen LogP contribution in [0.5, 0.6) is 0 Å². The Labute approximate surface area is 129 Å². The van der Waals surface area contributed by atoms with Gasteiger partial charge in [0.1, 0.15) is 4.90 Å². The van der Waals surface area contributed by atoms with Gasteiger partial charge >= 0.3 is 0 Å². The molecule has 0 atom stereocenters. The van der Waals surface area contributed by atoms with Crippen LogP contribution in [0, 0.1) is 6.92 Å². The molecule has 21 heavy (non-hydrogen) atoms. The number of aromatic nitrogens is 4. The zero-order chi connectivity index (χ0) is 15.8. The third-order valence-electron chi connectivity index (χ3n) is 3.43. The number of sulfonamides is 1. The number of nitrogens with zero attached hydrogens (tertiary/aromatic N) is 5. The van der Waals surface area contributed by atoms with E-state index in [4.69, 9.17) is 11.6 Å². The molecule has 2 aromatic rings. The van der Waals surface area contributed by atoms with E-state index in [1.165, 1.54) is 23.7 Å². The fourth-order valence-corrected chi connectivity index (χ4v) is 3.59. The lowest BCUT2D eigenvalue weighted by molar-refractivity contribution is 0.452. The van der Waals surface area contributed by atoms with Crippen LogP contribution in [0.15, 0.2) is 17.3 Å². The van der Waals surface area contributed by atoms with E-state index < -0.39 is 10.0 Å². The van der Waals surface area contributed by atoms with Crippen LogP contribution in [0.1, 0.15) is 18.3 Å². The molecule has 0 amide bonds. The third-order valence-corrected chi connectivity index (χ3v) is 5.65. The highest BCUT2D eigenvalue weighted by Gasteiger charge is 2.26. The van der Waals surface area contributed by atoms with Crippen molar-refractivity contribution in [1.82, 2.24) is 23.9 Å². The fourth-order valence-electron chi connectivity index (χ4n) is 2.08. The van der Waals surface area contributed by atoms with Crippen LogP contribution >= 0.6 is 11.6 Å². The lowest BCUT2D eigenvalue weighted by Crippen LogP contribution is -2.28. The predicted octanol–water partition coefficient (Wildman–Crippen LogP) is 1.42. The average Bonchev–Trinajstić information content (AvgIpc) is 2.95. The summed E-state index contributed by atoms with van der Waals surface area (Å²) >= 11 is 6.02. The summed E-state index contributed by atoms with van der Waals surface area (Å²) in [5, 5.41) is 8.53. The molecule has 0 radical (unpaired) electrons. The molecule has 116 valence electrons. The van der Waals surface area contributed by atoms with Crippen LogP contribution in [0.4, 0.5) is 0 Å². The number of hydrogen-bond donors (Lipinski definition) is 0. The molecule has 9 heteroatoms. The predicted molar refractivity (Wildman–Crippen MR) is 79.5 cm³/mol. The van der Waals surface area contributed by atoms with Crippen LogP contribution in [-0.2, 0) is 30.2 Å². The van der Waals surface area contributed by atoms with E-state index in [1.54, 1.807) is 23.3 Å². The second-order valence-electron chi connectivity index (χ2n) is 4.73. The zero-order valence-electron chi connectivity index (χ0n) is 12.4. The average molecular weight is 332 g/mol. The Kier molecular flexibility index (Phi) is 4.40. The summed E-state index contributed by atoms with van der Waals surface area (Å²) in [4.78, 5) is 0.213. The summed E-state index contributed by atoms with van der Waals surface area (Å²) in [6.45, 7) is 4.43. The Morgan fingerprint density at radius 3 is 2.48 bits per heavy atom. The first-order valence-electron chi connectivity index (χ1n) is 6.44. The summed E-state index contributed by atoms with van der Waals surface area (Å²) in [7, 11) is -0.379. The van der Waals surface area contributed by atoms with Gasteiger partial charge in [0.05, 0.1) is 35.3 Å². The van der Waals surface area contributed by atoms with Crippen LogP contribution in [0.2, 0.25) is 5.02 Å². The Hall–Kier alpha value is -1.38. The van der Waals surface area contributed by atoms with Gasteiger partial charge in [-0.15, -0.1) is 0 Å². The Morgan fingerprint density at radius 1 is 1.33 bits per heavy atom. The zero-order valence-corrected chi connectivity index (χ0v) is 14.0. The first-order valence-corrected chi connectivity index (χ1v) is 8.26. The molecular weight excluding hydrogens is 314 g/mol. The molecule has 2 heterocycles. The Bertz CT molecular complexity index is 730. The minimum atomic E-state index is -3.62.